The highest BCUT2D eigenvalue weighted by Gasteiger charge is 2.23. The van der Waals surface area contributed by atoms with Crippen molar-refractivity contribution in [2.24, 2.45) is 0 Å². The molecular formula is C20H18N2O2. The van der Waals surface area contributed by atoms with Crippen LogP contribution in [-0.4, -0.2) is 12.1 Å². The molecule has 1 N–H and O–H groups in total. The number of nitriles is 1. The molecule has 1 atom stereocenters. The van der Waals surface area contributed by atoms with Gasteiger partial charge in [0.25, 0.3) is 0 Å². The number of hydrogen-bond donors (Lipinski definition) is 1. The highest BCUT2D eigenvalue weighted by molar-refractivity contribution is 5.74. The molecule has 1 aliphatic carbocycles. The summed E-state index contributed by atoms with van der Waals surface area (Å²) < 4.78 is 5.28. The van der Waals surface area contributed by atoms with Gasteiger partial charge in [0, 0.05) is 12.1 Å². The molecular weight excluding hydrogens is 300 g/mol. The molecule has 0 aromatic heterocycles. The Morgan fingerprint density at radius 1 is 1.17 bits per heavy atom. The predicted octanol–water partition coefficient (Wildman–Crippen LogP) is 3.83. The zero-order valence-corrected chi connectivity index (χ0v) is 13.2. The number of fused-ring (bicyclic) bond motifs is 1. The Morgan fingerprint density at radius 3 is 2.71 bits per heavy atom. The number of hydrogen-bond acceptors (Lipinski definition) is 3. The van der Waals surface area contributed by atoms with Crippen molar-refractivity contribution in [2.45, 2.75) is 25.5 Å². The molecule has 0 saturated carbocycles. The summed E-state index contributed by atoms with van der Waals surface area (Å²) in [5.41, 5.74) is 4.13. The molecule has 120 valence electrons. The van der Waals surface area contributed by atoms with E-state index in [4.69, 9.17) is 10.00 Å². The second-order valence-corrected chi connectivity index (χ2v) is 5.77. The Labute approximate surface area is 141 Å². The van der Waals surface area contributed by atoms with Gasteiger partial charge >= 0.3 is 6.09 Å². The third kappa shape index (κ3) is 3.82. The van der Waals surface area contributed by atoms with Crippen LogP contribution >= 0.6 is 0 Å². The van der Waals surface area contributed by atoms with Crippen LogP contribution < -0.4 is 5.32 Å². The van der Waals surface area contributed by atoms with E-state index in [0.29, 0.717) is 6.42 Å². The monoisotopic (exact) mass is 318 g/mol. The van der Waals surface area contributed by atoms with Crippen molar-refractivity contribution < 1.29 is 9.53 Å². The molecule has 2 aromatic rings. The van der Waals surface area contributed by atoms with Gasteiger partial charge in [-0.25, -0.2) is 4.79 Å². The smallest absolute Gasteiger partial charge is 0.407 e. The minimum Gasteiger partial charge on any atom is -0.445 e. The van der Waals surface area contributed by atoms with E-state index < -0.39 is 6.09 Å². The van der Waals surface area contributed by atoms with Crippen LogP contribution in [0.1, 0.15) is 23.1 Å². The summed E-state index contributed by atoms with van der Waals surface area (Å²) in [7, 11) is 0. The standard InChI is InChI=1S/C20H18N2O2/c21-11-10-17-13-18(12-16-8-4-5-9-19(16)17)22-20(23)24-14-15-6-2-1-3-7-15/h1-10,18H,12-14H2,(H,22,23)/b17-10-. The average Bonchev–Trinajstić information content (AvgIpc) is 2.61. The van der Waals surface area contributed by atoms with Crippen LogP contribution in [0.25, 0.3) is 5.57 Å². The predicted molar refractivity (Wildman–Crippen MR) is 91.9 cm³/mol. The van der Waals surface area contributed by atoms with Crippen molar-refractivity contribution in [1.29, 1.82) is 5.26 Å². The maximum Gasteiger partial charge on any atom is 0.407 e. The van der Waals surface area contributed by atoms with Gasteiger partial charge in [-0.2, -0.15) is 5.26 Å². The van der Waals surface area contributed by atoms with Crippen molar-refractivity contribution in [3.8, 4) is 6.07 Å². The lowest BCUT2D eigenvalue weighted by Crippen LogP contribution is -2.38. The van der Waals surface area contributed by atoms with Crippen molar-refractivity contribution in [2.75, 3.05) is 0 Å². The first kappa shape index (κ1) is 15.8. The van der Waals surface area contributed by atoms with Crippen LogP contribution in [0.3, 0.4) is 0 Å². The summed E-state index contributed by atoms with van der Waals surface area (Å²) in [6.45, 7) is 0.247. The van der Waals surface area contributed by atoms with Gasteiger partial charge < -0.3 is 10.1 Å². The van der Waals surface area contributed by atoms with Crippen LogP contribution in [0.4, 0.5) is 4.79 Å². The lowest BCUT2D eigenvalue weighted by atomic mass is 9.84. The number of carbonyl (C=O) groups excluding carboxylic acids is 1. The highest BCUT2D eigenvalue weighted by Crippen LogP contribution is 2.30. The molecule has 0 fully saturated rings. The fourth-order valence-corrected chi connectivity index (χ4v) is 2.97. The molecule has 0 aliphatic heterocycles. The fraction of sp³-hybridized carbons (Fsp3) is 0.200. The Kier molecular flexibility index (Phi) is 4.93. The van der Waals surface area contributed by atoms with E-state index in [-0.39, 0.29) is 12.6 Å². The summed E-state index contributed by atoms with van der Waals surface area (Å²) in [5, 5.41) is 11.9. The summed E-state index contributed by atoms with van der Waals surface area (Å²) in [6, 6.07) is 19.6. The minimum absolute atomic E-state index is 0.0669. The molecule has 0 spiro atoms. The second-order valence-electron chi connectivity index (χ2n) is 5.77. The van der Waals surface area contributed by atoms with Gasteiger partial charge in [0.15, 0.2) is 0 Å². The van der Waals surface area contributed by atoms with Crippen molar-refractivity contribution in [3.63, 3.8) is 0 Å². The summed E-state index contributed by atoms with van der Waals surface area (Å²) >= 11 is 0. The van der Waals surface area contributed by atoms with Gasteiger partial charge in [-0.05, 0) is 35.1 Å². The topological polar surface area (TPSA) is 62.1 Å². The molecule has 0 saturated heterocycles. The van der Waals surface area contributed by atoms with Crippen molar-refractivity contribution in [3.05, 3.63) is 77.4 Å². The number of ether oxygens (including phenoxy) is 1. The summed E-state index contributed by atoms with van der Waals surface area (Å²) in [6.07, 6.45) is 2.49. The number of rotatable bonds is 3. The summed E-state index contributed by atoms with van der Waals surface area (Å²) in [4.78, 5) is 12.0. The van der Waals surface area contributed by atoms with Crippen LogP contribution in [0, 0.1) is 11.3 Å². The average molecular weight is 318 g/mol. The maximum absolute atomic E-state index is 12.0. The van der Waals surface area contributed by atoms with Gasteiger partial charge in [0.05, 0.1) is 6.07 Å². The van der Waals surface area contributed by atoms with Gasteiger partial charge in [-0.1, -0.05) is 54.6 Å². The fourth-order valence-electron chi connectivity index (χ4n) is 2.97. The molecule has 2 aromatic carbocycles. The van der Waals surface area contributed by atoms with Crippen LogP contribution in [0.2, 0.25) is 0 Å². The van der Waals surface area contributed by atoms with Gasteiger partial charge in [0.2, 0.25) is 0 Å². The number of benzene rings is 2. The molecule has 0 heterocycles. The highest BCUT2D eigenvalue weighted by atomic mass is 16.5. The molecule has 0 radical (unpaired) electrons. The van der Waals surface area contributed by atoms with E-state index in [0.717, 1.165) is 28.7 Å². The zero-order valence-electron chi connectivity index (χ0n) is 13.2. The van der Waals surface area contributed by atoms with E-state index in [2.05, 4.69) is 11.4 Å². The Hall–Kier alpha value is -3.06. The molecule has 24 heavy (non-hydrogen) atoms. The normalized spacial score (nSPS) is 17.6. The van der Waals surface area contributed by atoms with E-state index in [1.165, 1.54) is 0 Å². The Bertz CT molecular complexity index is 791. The Morgan fingerprint density at radius 2 is 1.92 bits per heavy atom. The number of allylic oxidation sites excluding steroid dienone is 1. The minimum atomic E-state index is -0.431. The van der Waals surface area contributed by atoms with Crippen molar-refractivity contribution in [1.82, 2.24) is 5.32 Å². The number of alkyl carbamates (subject to hydrolysis) is 1. The first-order valence-electron chi connectivity index (χ1n) is 7.90. The molecule has 4 nitrogen and oxygen atoms in total. The van der Waals surface area contributed by atoms with Crippen molar-refractivity contribution >= 4 is 11.7 Å². The molecule has 1 unspecified atom stereocenters. The van der Waals surface area contributed by atoms with E-state index in [9.17, 15) is 4.79 Å². The van der Waals surface area contributed by atoms with E-state index >= 15 is 0 Å². The third-order valence-electron chi connectivity index (χ3n) is 4.07. The lowest BCUT2D eigenvalue weighted by molar-refractivity contribution is 0.135. The van der Waals surface area contributed by atoms with Gasteiger partial charge in [0.1, 0.15) is 6.61 Å². The first-order chi connectivity index (χ1) is 11.8. The second kappa shape index (κ2) is 7.47. The number of amides is 1. The van der Waals surface area contributed by atoms with Crippen LogP contribution in [0.15, 0.2) is 60.7 Å². The quantitative estimate of drug-likeness (QED) is 0.875. The lowest BCUT2D eigenvalue weighted by Gasteiger charge is -2.27. The number of carbonyl (C=O) groups is 1. The van der Waals surface area contributed by atoms with Gasteiger partial charge in [-0.15, -0.1) is 0 Å². The summed E-state index contributed by atoms with van der Waals surface area (Å²) in [5.74, 6) is 0. The molecule has 0 bridgehead atoms. The van der Waals surface area contributed by atoms with E-state index in [1.807, 2.05) is 54.6 Å². The van der Waals surface area contributed by atoms with Gasteiger partial charge in [-0.3, -0.25) is 0 Å². The van der Waals surface area contributed by atoms with Crippen LogP contribution in [0.5, 0.6) is 0 Å². The molecule has 3 rings (SSSR count). The largest absolute Gasteiger partial charge is 0.445 e. The molecule has 4 heteroatoms. The third-order valence-corrected chi connectivity index (χ3v) is 4.07. The number of nitrogens with one attached hydrogen (secondary N) is 1. The molecule has 1 amide bonds. The van der Waals surface area contributed by atoms with Crippen LogP contribution in [-0.2, 0) is 17.8 Å². The first-order valence-corrected chi connectivity index (χ1v) is 7.90. The maximum atomic E-state index is 12.0. The number of nitrogens with zero attached hydrogens (tertiary/aromatic N) is 1. The zero-order chi connectivity index (χ0) is 16.8. The SMILES string of the molecule is N#C/C=C1/CC(NC(=O)OCc2ccccc2)Cc2ccccc21. The Balaban J connectivity index is 1.63. The molecule has 1 aliphatic rings. The van der Waals surface area contributed by atoms with E-state index in [1.54, 1.807) is 6.08 Å².